The fourth-order valence-electron chi connectivity index (χ4n) is 1.87. The van der Waals surface area contributed by atoms with Crippen LogP contribution in [0.4, 0.5) is 5.69 Å². The van der Waals surface area contributed by atoms with Crippen LogP contribution < -0.4 is 10.6 Å². The summed E-state index contributed by atoms with van der Waals surface area (Å²) in [5, 5.41) is 5.81. The number of nitrogens with one attached hydrogen (secondary N) is 2. The number of amides is 1. The maximum Gasteiger partial charge on any atom is 0.338 e. The van der Waals surface area contributed by atoms with Crippen LogP contribution in [0.1, 0.15) is 49.9 Å². The van der Waals surface area contributed by atoms with Crippen LogP contribution in [0.15, 0.2) is 24.3 Å². The molecule has 1 aromatic rings. The van der Waals surface area contributed by atoms with Gasteiger partial charge in [-0.3, -0.25) is 4.79 Å². The Kier molecular flexibility index (Phi) is 8.91. The van der Waals surface area contributed by atoms with Crippen molar-refractivity contribution in [3.05, 3.63) is 29.8 Å². The van der Waals surface area contributed by atoms with Crippen LogP contribution in [0, 0.1) is 0 Å². The molecule has 5 nitrogen and oxygen atoms in total. The Balaban J connectivity index is 2.38. The number of anilines is 1. The standard InChI is InChI=1S/C17H26N2O3/c1-3-5-6-12-22-17(21)14-7-9-15(10-8-14)19-16(20)13-18-11-4-2/h7-10,18H,3-6,11-13H2,1-2H3,(H,19,20). The normalized spacial score (nSPS) is 10.3. The van der Waals surface area contributed by atoms with Gasteiger partial charge in [-0.25, -0.2) is 4.79 Å². The zero-order valence-electron chi connectivity index (χ0n) is 13.5. The monoisotopic (exact) mass is 306 g/mol. The summed E-state index contributed by atoms with van der Waals surface area (Å²) in [5.41, 5.74) is 1.17. The molecule has 0 unspecified atom stereocenters. The van der Waals surface area contributed by atoms with Crippen molar-refractivity contribution in [2.45, 2.75) is 39.5 Å². The van der Waals surface area contributed by atoms with E-state index in [2.05, 4.69) is 17.6 Å². The first-order valence-corrected chi connectivity index (χ1v) is 7.95. The highest BCUT2D eigenvalue weighted by atomic mass is 16.5. The van der Waals surface area contributed by atoms with Crippen molar-refractivity contribution < 1.29 is 14.3 Å². The summed E-state index contributed by atoms with van der Waals surface area (Å²) in [6.45, 7) is 5.71. The number of benzene rings is 1. The molecule has 0 fully saturated rings. The van der Waals surface area contributed by atoms with Crippen LogP contribution in [0.25, 0.3) is 0 Å². The lowest BCUT2D eigenvalue weighted by atomic mass is 10.2. The number of unbranched alkanes of at least 4 members (excludes halogenated alkanes) is 2. The molecule has 0 bridgehead atoms. The molecule has 0 heterocycles. The molecule has 5 heteroatoms. The van der Waals surface area contributed by atoms with Gasteiger partial charge < -0.3 is 15.4 Å². The van der Waals surface area contributed by atoms with Crippen LogP contribution >= 0.6 is 0 Å². The summed E-state index contributed by atoms with van der Waals surface area (Å²) >= 11 is 0. The van der Waals surface area contributed by atoms with Gasteiger partial charge in [0.1, 0.15) is 0 Å². The molecule has 0 atom stereocenters. The van der Waals surface area contributed by atoms with Gasteiger partial charge in [0, 0.05) is 5.69 Å². The predicted molar refractivity (Wildman–Crippen MR) is 88.0 cm³/mol. The largest absolute Gasteiger partial charge is 0.462 e. The molecular formula is C17H26N2O3. The van der Waals surface area contributed by atoms with E-state index < -0.39 is 0 Å². The second-order valence-electron chi connectivity index (χ2n) is 5.15. The van der Waals surface area contributed by atoms with Crippen LogP contribution in [-0.2, 0) is 9.53 Å². The molecule has 0 saturated carbocycles. The van der Waals surface area contributed by atoms with Gasteiger partial charge in [0.15, 0.2) is 0 Å². The molecule has 2 N–H and O–H groups in total. The van der Waals surface area contributed by atoms with E-state index in [4.69, 9.17) is 4.74 Å². The topological polar surface area (TPSA) is 67.4 Å². The van der Waals surface area contributed by atoms with Gasteiger partial charge in [-0.05, 0) is 43.7 Å². The fraction of sp³-hybridized carbons (Fsp3) is 0.529. The highest BCUT2D eigenvalue weighted by molar-refractivity contribution is 5.93. The third kappa shape index (κ3) is 7.22. The smallest absolute Gasteiger partial charge is 0.338 e. The highest BCUT2D eigenvalue weighted by Gasteiger charge is 2.07. The molecule has 0 aliphatic carbocycles. The Hall–Kier alpha value is -1.88. The van der Waals surface area contributed by atoms with Crippen LogP contribution in [-0.4, -0.2) is 31.6 Å². The number of carbonyl (C=O) groups is 2. The van der Waals surface area contributed by atoms with Crippen molar-refractivity contribution in [2.75, 3.05) is 25.0 Å². The maximum atomic E-state index is 11.8. The van der Waals surface area contributed by atoms with Crippen LogP contribution in [0.2, 0.25) is 0 Å². The van der Waals surface area contributed by atoms with Gasteiger partial charge in [-0.15, -0.1) is 0 Å². The van der Waals surface area contributed by atoms with E-state index in [1.54, 1.807) is 24.3 Å². The number of ether oxygens (including phenoxy) is 1. The Morgan fingerprint density at radius 2 is 1.77 bits per heavy atom. The summed E-state index contributed by atoms with van der Waals surface area (Å²) in [5.74, 6) is -0.415. The average molecular weight is 306 g/mol. The molecule has 1 amide bonds. The second kappa shape index (κ2) is 10.8. The van der Waals surface area contributed by atoms with Crippen molar-refractivity contribution in [1.29, 1.82) is 0 Å². The summed E-state index contributed by atoms with van der Waals surface area (Å²) in [4.78, 5) is 23.4. The van der Waals surface area contributed by atoms with E-state index >= 15 is 0 Å². The van der Waals surface area contributed by atoms with Crippen molar-refractivity contribution >= 4 is 17.6 Å². The summed E-state index contributed by atoms with van der Waals surface area (Å²) in [6.07, 6.45) is 4.03. The lowest BCUT2D eigenvalue weighted by molar-refractivity contribution is -0.115. The molecule has 0 spiro atoms. The first-order valence-electron chi connectivity index (χ1n) is 7.95. The summed E-state index contributed by atoms with van der Waals surface area (Å²) in [7, 11) is 0. The Bertz CT molecular complexity index is 457. The van der Waals surface area contributed by atoms with E-state index in [1.165, 1.54) is 0 Å². The molecule has 0 radical (unpaired) electrons. The minimum absolute atomic E-state index is 0.0941. The number of rotatable bonds is 10. The molecule has 22 heavy (non-hydrogen) atoms. The minimum atomic E-state index is -0.321. The zero-order valence-corrected chi connectivity index (χ0v) is 13.5. The van der Waals surface area contributed by atoms with Gasteiger partial charge in [0.25, 0.3) is 0 Å². The molecule has 122 valence electrons. The average Bonchev–Trinajstić information content (AvgIpc) is 2.52. The number of carbonyl (C=O) groups excluding carboxylic acids is 2. The lowest BCUT2D eigenvalue weighted by Crippen LogP contribution is -2.28. The maximum absolute atomic E-state index is 11.8. The van der Waals surface area contributed by atoms with Gasteiger partial charge in [0.05, 0.1) is 18.7 Å². The molecule has 1 aromatic carbocycles. The van der Waals surface area contributed by atoms with Gasteiger partial charge in [0.2, 0.25) is 5.91 Å². The third-order valence-electron chi connectivity index (χ3n) is 3.10. The number of hydrogen-bond acceptors (Lipinski definition) is 4. The zero-order chi connectivity index (χ0) is 16.2. The fourth-order valence-corrected chi connectivity index (χ4v) is 1.87. The molecule has 0 saturated heterocycles. The van der Waals surface area contributed by atoms with Crippen LogP contribution in [0.5, 0.6) is 0 Å². The van der Waals surface area contributed by atoms with Gasteiger partial charge in [-0.2, -0.15) is 0 Å². The van der Waals surface area contributed by atoms with E-state index in [0.717, 1.165) is 32.2 Å². The van der Waals surface area contributed by atoms with E-state index in [9.17, 15) is 9.59 Å². The van der Waals surface area contributed by atoms with Gasteiger partial charge in [-0.1, -0.05) is 26.7 Å². The Labute approximate surface area is 132 Å². The lowest BCUT2D eigenvalue weighted by Gasteiger charge is -2.07. The Morgan fingerprint density at radius 3 is 2.41 bits per heavy atom. The highest BCUT2D eigenvalue weighted by Crippen LogP contribution is 2.11. The van der Waals surface area contributed by atoms with Crippen molar-refractivity contribution in [1.82, 2.24) is 5.32 Å². The molecule has 0 aliphatic heterocycles. The minimum Gasteiger partial charge on any atom is -0.462 e. The van der Waals surface area contributed by atoms with E-state index in [0.29, 0.717) is 17.9 Å². The van der Waals surface area contributed by atoms with Crippen molar-refractivity contribution in [3.63, 3.8) is 0 Å². The van der Waals surface area contributed by atoms with Crippen LogP contribution in [0.3, 0.4) is 0 Å². The second-order valence-corrected chi connectivity index (χ2v) is 5.15. The third-order valence-corrected chi connectivity index (χ3v) is 3.10. The predicted octanol–water partition coefficient (Wildman–Crippen LogP) is 2.97. The van der Waals surface area contributed by atoms with Gasteiger partial charge >= 0.3 is 5.97 Å². The van der Waals surface area contributed by atoms with E-state index in [1.807, 2.05) is 6.92 Å². The summed E-state index contributed by atoms with van der Waals surface area (Å²) < 4.78 is 5.18. The van der Waals surface area contributed by atoms with E-state index in [-0.39, 0.29) is 18.4 Å². The van der Waals surface area contributed by atoms with Crippen molar-refractivity contribution in [2.24, 2.45) is 0 Å². The summed E-state index contributed by atoms with van der Waals surface area (Å²) in [6, 6.07) is 6.75. The number of esters is 1. The SMILES string of the molecule is CCCCCOC(=O)c1ccc(NC(=O)CNCCC)cc1. The Morgan fingerprint density at radius 1 is 1.05 bits per heavy atom. The first-order chi connectivity index (χ1) is 10.7. The molecular weight excluding hydrogens is 280 g/mol. The van der Waals surface area contributed by atoms with Crippen molar-refractivity contribution in [3.8, 4) is 0 Å². The quantitative estimate of drug-likeness (QED) is 0.515. The molecule has 0 aromatic heterocycles. The first kappa shape index (κ1) is 18.2. The molecule has 0 aliphatic rings. The number of hydrogen-bond donors (Lipinski definition) is 2. The molecule has 1 rings (SSSR count).